The van der Waals surface area contributed by atoms with Crippen molar-refractivity contribution in [1.29, 1.82) is 0 Å². The molecule has 190 valence electrons. The van der Waals surface area contributed by atoms with Gasteiger partial charge in [-0.3, -0.25) is 13.9 Å². The summed E-state index contributed by atoms with van der Waals surface area (Å²) in [6.45, 7) is 3.59. The van der Waals surface area contributed by atoms with E-state index in [-0.39, 0.29) is 17.3 Å². The number of anilines is 1. The summed E-state index contributed by atoms with van der Waals surface area (Å²) in [7, 11) is -4.06. The fourth-order valence-corrected chi connectivity index (χ4v) is 5.26. The third-order valence-corrected chi connectivity index (χ3v) is 7.83. The van der Waals surface area contributed by atoms with Crippen molar-refractivity contribution in [1.82, 2.24) is 10.2 Å². The molecule has 3 aromatic carbocycles. The van der Waals surface area contributed by atoms with Crippen LogP contribution in [0.2, 0.25) is 5.02 Å². The number of nitrogens with one attached hydrogen (secondary N) is 1. The second-order valence-corrected chi connectivity index (χ2v) is 10.5. The molecule has 2 amide bonds. The van der Waals surface area contributed by atoms with Crippen LogP contribution in [0.15, 0.2) is 89.8 Å². The van der Waals surface area contributed by atoms with E-state index < -0.39 is 28.5 Å². The van der Waals surface area contributed by atoms with Gasteiger partial charge in [0, 0.05) is 18.1 Å². The minimum Gasteiger partial charge on any atom is -0.354 e. The summed E-state index contributed by atoms with van der Waals surface area (Å²) < 4.78 is 28.3. The Labute approximate surface area is 217 Å². The molecule has 0 aromatic heterocycles. The molecule has 0 aliphatic rings. The Bertz CT molecular complexity index is 1270. The molecule has 1 N–H and O–H groups in total. The zero-order valence-electron chi connectivity index (χ0n) is 20.3. The van der Waals surface area contributed by atoms with Gasteiger partial charge >= 0.3 is 0 Å². The monoisotopic (exact) mass is 527 g/mol. The van der Waals surface area contributed by atoms with Crippen LogP contribution in [0.4, 0.5) is 5.69 Å². The van der Waals surface area contributed by atoms with Crippen molar-refractivity contribution in [2.75, 3.05) is 17.4 Å². The molecule has 3 aromatic rings. The van der Waals surface area contributed by atoms with Crippen molar-refractivity contribution in [3.8, 4) is 0 Å². The summed E-state index contributed by atoms with van der Waals surface area (Å²) in [6, 6.07) is 22.6. The third kappa shape index (κ3) is 6.65. The van der Waals surface area contributed by atoms with Crippen molar-refractivity contribution in [2.24, 2.45) is 0 Å². The van der Waals surface area contributed by atoms with Crippen LogP contribution in [0.3, 0.4) is 0 Å². The highest BCUT2D eigenvalue weighted by molar-refractivity contribution is 7.92. The van der Waals surface area contributed by atoms with Crippen molar-refractivity contribution in [2.45, 2.75) is 37.8 Å². The topological polar surface area (TPSA) is 86.8 Å². The number of hydrogen-bond donors (Lipinski definition) is 1. The van der Waals surface area contributed by atoms with Crippen molar-refractivity contribution in [3.05, 3.63) is 95.5 Å². The summed E-state index contributed by atoms with van der Waals surface area (Å²) in [6.07, 6.45) is 0.744. The van der Waals surface area contributed by atoms with E-state index in [2.05, 4.69) is 5.32 Å². The number of carbonyl (C=O) groups excluding carboxylic acids is 2. The second-order valence-electron chi connectivity index (χ2n) is 8.24. The van der Waals surface area contributed by atoms with Gasteiger partial charge in [0.1, 0.15) is 12.6 Å². The average molecular weight is 528 g/mol. The van der Waals surface area contributed by atoms with E-state index in [1.165, 1.54) is 17.0 Å². The molecule has 0 bridgehead atoms. The van der Waals surface area contributed by atoms with Crippen LogP contribution in [-0.4, -0.2) is 44.3 Å². The van der Waals surface area contributed by atoms with Crippen molar-refractivity contribution in [3.63, 3.8) is 0 Å². The van der Waals surface area contributed by atoms with Gasteiger partial charge in [0.15, 0.2) is 0 Å². The molecule has 7 nitrogen and oxygen atoms in total. The van der Waals surface area contributed by atoms with E-state index in [4.69, 9.17) is 11.6 Å². The van der Waals surface area contributed by atoms with Gasteiger partial charge in [0.2, 0.25) is 11.8 Å². The minimum absolute atomic E-state index is 0.0488. The highest BCUT2D eigenvalue weighted by Gasteiger charge is 2.32. The SMILES string of the molecule is CCCNC(=O)[C@H](C)N(Cc1ccccc1Cl)C(=O)CN(c1ccccc1)S(=O)(=O)c1ccccc1. The predicted molar refractivity (Wildman–Crippen MR) is 142 cm³/mol. The number of benzene rings is 3. The Hall–Kier alpha value is -3.36. The molecule has 0 radical (unpaired) electrons. The summed E-state index contributed by atoms with van der Waals surface area (Å²) in [5.74, 6) is -0.855. The Kier molecular flexibility index (Phi) is 9.50. The first-order valence-electron chi connectivity index (χ1n) is 11.7. The van der Waals surface area contributed by atoms with Crippen LogP contribution in [-0.2, 0) is 26.2 Å². The van der Waals surface area contributed by atoms with E-state index in [9.17, 15) is 18.0 Å². The molecule has 0 fully saturated rings. The van der Waals surface area contributed by atoms with Gasteiger partial charge in [0.25, 0.3) is 10.0 Å². The Morgan fingerprint density at radius 2 is 1.50 bits per heavy atom. The fourth-order valence-electron chi connectivity index (χ4n) is 3.63. The first kappa shape index (κ1) is 27.2. The van der Waals surface area contributed by atoms with Crippen LogP contribution in [0.1, 0.15) is 25.8 Å². The number of rotatable bonds is 11. The van der Waals surface area contributed by atoms with E-state index >= 15 is 0 Å². The van der Waals surface area contributed by atoms with Crippen LogP contribution in [0.5, 0.6) is 0 Å². The quantitative estimate of drug-likeness (QED) is 0.398. The number of nitrogens with zero attached hydrogens (tertiary/aromatic N) is 2. The van der Waals surface area contributed by atoms with E-state index in [1.54, 1.807) is 79.7 Å². The summed E-state index contributed by atoms with van der Waals surface area (Å²) in [4.78, 5) is 28.0. The van der Waals surface area contributed by atoms with Gasteiger partial charge in [-0.1, -0.05) is 73.1 Å². The highest BCUT2D eigenvalue weighted by atomic mass is 35.5. The molecule has 36 heavy (non-hydrogen) atoms. The van der Waals surface area contributed by atoms with E-state index in [1.807, 2.05) is 6.92 Å². The van der Waals surface area contributed by atoms with Gasteiger partial charge < -0.3 is 10.2 Å². The lowest BCUT2D eigenvalue weighted by atomic mass is 10.1. The van der Waals surface area contributed by atoms with Crippen LogP contribution >= 0.6 is 11.6 Å². The highest BCUT2D eigenvalue weighted by Crippen LogP contribution is 2.25. The molecule has 0 aliphatic heterocycles. The number of carbonyl (C=O) groups is 2. The Morgan fingerprint density at radius 3 is 2.11 bits per heavy atom. The molecule has 1 atom stereocenters. The molecular weight excluding hydrogens is 498 g/mol. The first-order chi connectivity index (χ1) is 17.3. The molecule has 0 aliphatic carbocycles. The summed E-state index contributed by atoms with van der Waals surface area (Å²) >= 11 is 6.35. The Balaban J connectivity index is 1.99. The largest absolute Gasteiger partial charge is 0.354 e. The smallest absolute Gasteiger partial charge is 0.264 e. The molecule has 0 saturated heterocycles. The Morgan fingerprint density at radius 1 is 0.917 bits per heavy atom. The van der Waals surface area contributed by atoms with Crippen molar-refractivity contribution >= 4 is 39.1 Å². The summed E-state index contributed by atoms with van der Waals surface area (Å²) in [5, 5.41) is 3.26. The van der Waals surface area contributed by atoms with Crippen LogP contribution in [0.25, 0.3) is 0 Å². The van der Waals surface area contributed by atoms with E-state index in [0.29, 0.717) is 22.8 Å². The molecule has 0 saturated carbocycles. The minimum atomic E-state index is -4.06. The first-order valence-corrected chi connectivity index (χ1v) is 13.5. The van der Waals surface area contributed by atoms with Gasteiger partial charge in [0.05, 0.1) is 10.6 Å². The fraction of sp³-hybridized carbons (Fsp3) is 0.259. The molecular formula is C27H30ClN3O4S. The average Bonchev–Trinajstić information content (AvgIpc) is 2.90. The van der Waals surface area contributed by atoms with Gasteiger partial charge in [-0.15, -0.1) is 0 Å². The number of halogens is 1. The number of amides is 2. The van der Waals surface area contributed by atoms with Crippen molar-refractivity contribution < 1.29 is 18.0 Å². The molecule has 3 rings (SSSR count). The predicted octanol–water partition coefficient (Wildman–Crippen LogP) is 4.48. The normalized spacial score (nSPS) is 12.0. The summed E-state index contributed by atoms with van der Waals surface area (Å²) in [5.41, 5.74) is 0.996. The molecule has 0 spiro atoms. The van der Waals surface area contributed by atoms with Gasteiger partial charge in [-0.2, -0.15) is 0 Å². The lowest BCUT2D eigenvalue weighted by Gasteiger charge is -2.32. The molecule has 0 heterocycles. The number of hydrogen-bond acceptors (Lipinski definition) is 4. The standard InChI is InChI=1S/C27H30ClN3O4S/c1-3-18-29-27(33)21(2)30(19-22-12-10-11-17-25(22)28)26(32)20-31(23-13-6-4-7-14-23)36(34,35)24-15-8-5-9-16-24/h4-17,21H,3,18-20H2,1-2H3,(H,29,33)/t21-/m0/s1. The lowest BCUT2D eigenvalue weighted by Crippen LogP contribution is -2.51. The maximum atomic E-state index is 13.7. The van der Waals surface area contributed by atoms with Crippen LogP contribution < -0.4 is 9.62 Å². The number of sulfonamides is 1. The maximum Gasteiger partial charge on any atom is 0.264 e. The lowest BCUT2D eigenvalue weighted by molar-refractivity contribution is -0.139. The maximum absolute atomic E-state index is 13.7. The zero-order chi connectivity index (χ0) is 26.1. The number of para-hydroxylation sites is 1. The molecule has 0 unspecified atom stereocenters. The second kappa shape index (κ2) is 12.6. The van der Waals surface area contributed by atoms with E-state index in [0.717, 1.165) is 10.7 Å². The van der Waals surface area contributed by atoms with Gasteiger partial charge in [-0.05, 0) is 49.2 Å². The van der Waals surface area contributed by atoms with Crippen LogP contribution in [0, 0.1) is 0 Å². The third-order valence-electron chi connectivity index (χ3n) is 5.67. The zero-order valence-corrected chi connectivity index (χ0v) is 21.9. The molecule has 9 heteroatoms. The van der Waals surface area contributed by atoms with Gasteiger partial charge in [-0.25, -0.2) is 8.42 Å².